The normalized spacial score (nSPS) is 12.2. The van der Waals surface area contributed by atoms with Crippen molar-refractivity contribution in [3.63, 3.8) is 0 Å². The summed E-state index contributed by atoms with van der Waals surface area (Å²) in [4.78, 5) is 32.9. The van der Waals surface area contributed by atoms with Crippen LogP contribution in [0.1, 0.15) is 35.4 Å². The number of nitrogens with zero attached hydrogens (tertiary/aromatic N) is 2. The molecular weight excluding hydrogens is 442 g/mol. The molecule has 1 N–H and O–H groups in total. The Morgan fingerprint density at radius 2 is 1.78 bits per heavy atom. The summed E-state index contributed by atoms with van der Waals surface area (Å²) in [6.07, 6.45) is 1.95. The Bertz CT molecular complexity index is 1350. The lowest BCUT2D eigenvalue weighted by molar-refractivity contribution is -0.119. The minimum Gasteiger partial charge on any atom is -0.324 e. The van der Waals surface area contributed by atoms with E-state index in [1.807, 2.05) is 58.0 Å². The van der Waals surface area contributed by atoms with E-state index in [9.17, 15) is 9.59 Å². The van der Waals surface area contributed by atoms with Crippen molar-refractivity contribution in [3.8, 4) is 11.1 Å². The molecule has 2 aromatic carbocycles. The number of benzene rings is 2. The number of carbonyl (C=O) groups excluding carboxylic acids is 1. The number of rotatable bonds is 5. The number of amides is 1. The van der Waals surface area contributed by atoms with Crippen LogP contribution < -0.4 is 10.9 Å². The third-order valence-corrected chi connectivity index (χ3v) is 6.73. The average molecular weight is 466 g/mol. The first kappa shape index (κ1) is 22.2. The zero-order chi connectivity index (χ0) is 23.0. The minimum atomic E-state index is -0.668. The van der Waals surface area contributed by atoms with Crippen LogP contribution in [0.2, 0.25) is 5.02 Å². The number of thiophene rings is 1. The summed E-state index contributed by atoms with van der Waals surface area (Å²) in [6, 6.07) is 12.6. The van der Waals surface area contributed by atoms with Crippen LogP contribution in [0.5, 0.6) is 0 Å². The molecule has 1 amide bonds. The first-order valence-corrected chi connectivity index (χ1v) is 11.6. The van der Waals surface area contributed by atoms with E-state index in [0.29, 0.717) is 21.7 Å². The molecule has 7 heteroatoms. The van der Waals surface area contributed by atoms with Crippen molar-refractivity contribution in [3.05, 3.63) is 80.2 Å². The molecule has 0 saturated carbocycles. The third kappa shape index (κ3) is 4.20. The Balaban J connectivity index is 1.78. The van der Waals surface area contributed by atoms with Crippen LogP contribution in [0.15, 0.2) is 53.6 Å². The molecule has 1 atom stereocenters. The third-order valence-electron chi connectivity index (χ3n) is 5.46. The lowest BCUT2D eigenvalue weighted by Crippen LogP contribution is -2.33. The molecule has 0 spiro atoms. The van der Waals surface area contributed by atoms with Gasteiger partial charge in [0.05, 0.1) is 11.7 Å². The SMILES string of the molecule is CCC(C(=O)Nc1cc(C)cc(C)c1)n1cnc2sc(C)c(-c3ccc(Cl)cc3)c2c1=O. The number of aromatic nitrogens is 2. The first-order valence-electron chi connectivity index (χ1n) is 10.4. The van der Waals surface area contributed by atoms with Crippen molar-refractivity contribution in [1.29, 1.82) is 0 Å². The predicted molar refractivity (Wildman–Crippen MR) is 133 cm³/mol. The van der Waals surface area contributed by atoms with Crippen LogP contribution in [0, 0.1) is 20.8 Å². The van der Waals surface area contributed by atoms with Crippen LogP contribution in [-0.2, 0) is 4.79 Å². The van der Waals surface area contributed by atoms with E-state index in [2.05, 4.69) is 10.3 Å². The second-order valence-corrected chi connectivity index (χ2v) is 9.61. The molecule has 4 rings (SSSR count). The van der Waals surface area contributed by atoms with Gasteiger partial charge in [-0.15, -0.1) is 11.3 Å². The monoisotopic (exact) mass is 465 g/mol. The van der Waals surface area contributed by atoms with Crippen molar-refractivity contribution in [2.75, 3.05) is 5.32 Å². The smallest absolute Gasteiger partial charge is 0.263 e. The van der Waals surface area contributed by atoms with E-state index in [1.54, 1.807) is 12.1 Å². The Hall–Kier alpha value is -2.96. The Morgan fingerprint density at radius 1 is 1.12 bits per heavy atom. The van der Waals surface area contributed by atoms with E-state index in [4.69, 9.17) is 11.6 Å². The molecule has 0 aliphatic carbocycles. The molecule has 0 aliphatic rings. The quantitative estimate of drug-likeness (QED) is 0.376. The topological polar surface area (TPSA) is 64.0 Å². The summed E-state index contributed by atoms with van der Waals surface area (Å²) in [5.41, 5.74) is 4.39. The molecule has 0 bridgehead atoms. The number of halogens is 1. The predicted octanol–water partition coefficient (Wildman–Crippen LogP) is 6.29. The molecule has 164 valence electrons. The van der Waals surface area contributed by atoms with Gasteiger partial charge in [-0.3, -0.25) is 14.2 Å². The molecule has 0 radical (unpaired) electrons. The highest BCUT2D eigenvalue weighted by molar-refractivity contribution is 7.19. The highest BCUT2D eigenvalue weighted by atomic mass is 35.5. The second-order valence-electron chi connectivity index (χ2n) is 7.97. The maximum Gasteiger partial charge on any atom is 0.263 e. The van der Waals surface area contributed by atoms with Crippen molar-refractivity contribution in [2.45, 2.75) is 40.2 Å². The summed E-state index contributed by atoms with van der Waals surface area (Å²) in [7, 11) is 0. The van der Waals surface area contributed by atoms with Gasteiger partial charge < -0.3 is 5.32 Å². The van der Waals surface area contributed by atoms with Gasteiger partial charge in [0.1, 0.15) is 10.9 Å². The van der Waals surface area contributed by atoms with Gasteiger partial charge in [-0.1, -0.05) is 36.7 Å². The van der Waals surface area contributed by atoms with Gasteiger partial charge in [-0.2, -0.15) is 0 Å². The fraction of sp³-hybridized carbons (Fsp3) is 0.240. The number of nitrogens with one attached hydrogen (secondary N) is 1. The highest BCUT2D eigenvalue weighted by Gasteiger charge is 2.24. The number of hydrogen-bond acceptors (Lipinski definition) is 4. The van der Waals surface area contributed by atoms with Gasteiger partial charge in [-0.05, 0) is 68.1 Å². The van der Waals surface area contributed by atoms with Crippen LogP contribution in [0.4, 0.5) is 5.69 Å². The number of aryl methyl sites for hydroxylation is 3. The molecule has 0 fully saturated rings. The van der Waals surface area contributed by atoms with Crippen molar-refractivity contribution in [1.82, 2.24) is 9.55 Å². The highest BCUT2D eigenvalue weighted by Crippen LogP contribution is 2.36. The van der Waals surface area contributed by atoms with Crippen molar-refractivity contribution >= 4 is 44.7 Å². The van der Waals surface area contributed by atoms with Gasteiger partial charge in [0.15, 0.2) is 0 Å². The molecule has 2 heterocycles. The maximum absolute atomic E-state index is 13.6. The summed E-state index contributed by atoms with van der Waals surface area (Å²) in [5.74, 6) is -0.235. The zero-order valence-corrected chi connectivity index (χ0v) is 20.0. The van der Waals surface area contributed by atoms with E-state index in [-0.39, 0.29) is 11.5 Å². The maximum atomic E-state index is 13.6. The van der Waals surface area contributed by atoms with E-state index < -0.39 is 6.04 Å². The number of fused-ring (bicyclic) bond motifs is 1. The second kappa shape index (κ2) is 8.88. The lowest BCUT2D eigenvalue weighted by atomic mass is 10.0. The fourth-order valence-corrected chi connectivity index (χ4v) is 5.21. The van der Waals surface area contributed by atoms with Crippen LogP contribution >= 0.6 is 22.9 Å². The molecular formula is C25H24ClN3O2S. The molecule has 0 saturated heterocycles. The van der Waals surface area contributed by atoms with Crippen molar-refractivity contribution in [2.24, 2.45) is 0 Å². The molecule has 32 heavy (non-hydrogen) atoms. The van der Waals surface area contributed by atoms with Gasteiger partial charge >= 0.3 is 0 Å². The van der Waals surface area contributed by atoms with Gasteiger partial charge in [0, 0.05) is 21.2 Å². The van der Waals surface area contributed by atoms with E-state index in [0.717, 1.165) is 32.8 Å². The minimum absolute atomic E-state index is 0.216. The van der Waals surface area contributed by atoms with Crippen LogP contribution in [0.25, 0.3) is 21.3 Å². The van der Waals surface area contributed by atoms with Gasteiger partial charge in [-0.25, -0.2) is 4.98 Å². The largest absolute Gasteiger partial charge is 0.324 e. The molecule has 1 unspecified atom stereocenters. The lowest BCUT2D eigenvalue weighted by Gasteiger charge is -2.18. The van der Waals surface area contributed by atoms with Crippen LogP contribution in [0.3, 0.4) is 0 Å². The standard InChI is InChI=1S/C25H24ClN3O2S/c1-5-20(23(30)28-19-11-14(2)10-15(3)12-19)29-13-27-24-22(25(29)31)21(16(4)32-24)17-6-8-18(26)9-7-17/h6-13,20H,5H2,1-4H3,(H,28,30). The van der Waals surface area contributed by atoms with Gasteiger partial charge in [0.2, 0.25) is 5.91 Å². The molecule has 0 aliphatic heterocycles. The molecule has 4 aromatic rings. The molecule has 5 nitrogen and oxygen atoms in total. The van der Waals surface area contributed by atoms with E-state index >= 15 is 0 Å². The summed E-state index contributed by atoms with van der Waals surface area (Å²) >= 11 is 7.52. The number of hydrogen-bond donors (Lipinski definition) is 1. The Morgan fingerprint density at radius 3 is 2.41 bits per heavy atom. The van der Waals surface area contributed by atoms with E-state index in [1.165, 1.54) is 22.2 Å². The number of anilines is 1. The fourth-order valence-electron chi connectivity index (χ4n) is 4.08. The number of carbonyl (C=O) groups is 1. The summed E-state index contributed by atoms with van der Waals surface area (Å²) < 4.78 is 1.45. The van der Waals surface area contributed by atoms with Crippen molar-refractivity contribution < 1.29 is 4.79 Å². The zero-order valence-electron chi connectivity index (χ0n) is 18.4. The summed E-state index contributed by atoms with van der Waals surface area (Å²) in [6.45, 7) is 7.84. The molecule has 2 aromatic heterocycles. The van der Waals surface area contributed by atoms with Gasteiger partial charge in [0.25, 0.3) is 5.56 Å². The first-order chi connectivity index (χ1) is 15.3. The Labute approximate surface area is 195 Å². The Kier molecular flexibility index (Phi) is 6.17. The average Bonchev–Trinajstić information content (AvgIpc) is 3.07. The summed E-state index contributed by atoms with van der Waals surface area (Å²) in [5, 5.41) is 4.14. The van der Waals surface area contributed by atoms with Crippen LogP contribution in [-0.4, -0.2) is 15.5 Å².